The Hall–Kier alpha value is -1.84. The molecule has 3 nitrogen and oxygen atoms in total. The molecule has 1 saturated heterocycles. The van der Waals surface area contributed by atoms with Crippen molar-refractivity contribution in [3.63, 3.8) is 0 Å². The zero-order valence-corrected chi connectivity index (χ0v) is 16.2. The predicted molar refractivity (Wildman–Crippen MR) is 110 cm³/mol. The molecule has 136 valence electrons. The second-order valence-electron chi connectivity index (χ2n) is 8.02. The van der Waals surface area contributed by atoms with E-state index in [0.29, 0.717) is 0 Å². The van der Waals surface area contributed by atoms with Gasteiger partial charge in [-0.25, -0.2) is 0 Å². The Labute approximate surface area is 160 Å². The number of hydrogen-bond donors (Lipinski definition) is 2. The molecule has 4 rings (SSSR count). The van der Waals surface area contributed by atoms with Crippen molar-refractivity contribution in [1.82, 2.24) is 5.32 Å². The van der Waals surface area contributed by atoms with Crippen molar-refractivity contribution >= 4 is 23.1 Å². The maximum Gasteiger partial charge on any atom is 0.108 e. The van der Waals surface area contributed by atoms with E-state index in [-0.39, 0.29) is 11.0 Å². The number of halogens is 1. The van der Waals surface area contributed by atoms with Gasteiger partial charge in [0.1, 0.15) is 5.84 Å². The summed E-state index contributed by atoms with van der Waals surface area (Å²) >= 11 is 6.23. The van der Waals surface area contributed by atoms with Gasteiger partial charge >= 0.3 is 0 Å². The Morgan fingerprint density at radius 2 is 1.81 bits per heavy atom. The summed E-state index contributed by atoms with van der Waals surface area (Å²) in [5.41, 5.74) is 3.49. The summed E-state index contributed by atoms with van der Waals surface area (Å²) in [7, 11) is 0. The number of nitrogens with one attached hydrogen (secondary N) is 2. The first-order valence-corrected chi connectivity index (χ1v) is 9.78. The molecule has 0 aliphatic carbocycles. The Bertz CT molecular complexity index is 835. The molecule has 2 aromatic rings. The highest BCUT2D eigenvalue weighted by Gasteiger charge is 2.42. The molecule has 2 aliphatic heterocycles. The van der Waals surface area contributed by atoms with Crippen molar-refractivity contribution in [1.29, 1.82) is 0 Å². The number of anilines is 1. The molecule has 1 fully saturated rings. The predicted octanol–water partition coefficient (Wildman–Crippen LogP) is 5.01. The second kappa shape index (κ2) is 6.71. The van der Waals surface area contributed by atoms with Crippen LogP contribution in [0.2, 0.25) is 5.02 Å². The highest BCUT2D eigenvalue weighted by Crippen LogP contribution is 2.42. The first-order chi connectivity index (χ1) is 12.5. The molecule has 0 amide bonds. The zero-order valence-electron chi connectivity index (χ0n) is 15.5. The summed E-state index contributed by atoms with van der Waals surface area (Å²) in [6.07, 6.45) is 3.28. The van der Waals surface area contributed by atoms with Gasteiger partial charge in [-0.05, 0) is 75.5 Å². The van der Waals surface area contributed by atoms with Crippen molar-refractivity contribution in [2.24, 2.45) is 10.4 Å². The maximum absolute atomic E-state index is 6.23. The first kappa shape index (κ1) is 17.6. The summed E-state index contributed by atoms with van der Waals surface area (Å²) in [5.74, 6) is 1.13. The Morgan fingerprint density at radius 1 is 1.04 bits per heavy atom. The number of benzene rings is 2. The van der Waals surface area contributed by atoms with Crippen LogP contribution in [0.15, 0.2) is 53.5 Å². The van der Waals surface area contributed by atoms with Crippen LogP contribution >= 0.6 is 11.6 Å². The van der Waals surface area contributed by atoms with E-state index < -0.39 is 0 Å². The summed E-state index contributed by atoms with van der Waals surface area (Å²) in [5, 5.41) is 7.95. The van der Waals surface area contributed by atoms with Gasteiger partial charge in [0.15, 0.2) is 0 Å². The smallest absolute Gasteiger partial charge is 0.108 e. The fourth-order valence-electron chi connectivity index (χ4n) is 4.18. The normalized spacial score (nSPS) is 20.7. The number of aliphatic imine (C=N–C) groups is 1. The van der Waals surface area contributed by atoms with E-state index in [2.05, 4.69) is 54.8 Å². The molecule has 0 atom stereocenters. The minimum atomic E-state index is -0.336. The molecule has 2 N–H and O–H groups in total. The maximum atomic E-state index is 6.23. The van der Waals surface area contributed by atoms with Gasteiger partial charge in [0.2, 0.25) is 0 Å². The lowest BCUT2D eigenvalue weighted by atomic mass is 9.70. The Morgan fingerprint density at radius 3 is 2.58 bits per heavy atom. The molecule has 2 aliphatic rings. The van der Waals surface area contributed by atoms with Gasteiger partial charge in [0.05, 0.1) is 5.54 Å². The van der Waals surface area contributed by atoms with Crippen LogP contribution in [-0.2, 0) is 12.0 Å². The lowest BCUT2D eigenvalue weighted by Crippen LogP contribution is -2.49. The number of fused-ring (bicyclic) bond motifs is 1. The van der Waals surface area contributed by atoms with Gasteiger partial charge < -0.3 is 10.6 Å². The van der Waals surface area contributed by atoms with E-state index in [0.717, 1.165) is 48.8 Å². The number of piperidine rings is 1. The van der Waals surface area contributed by atoms with Crippen LogP contribution in [0.5, 0.6) is 0 Å². The quantitative estimate of drug-likeness (QED) is 0.782. The van der Waals surface area contributed by atoms with E-state index in [9.17, 15) is 0 Å². The van der Waals surface area contributed by atoms with Crippen LogP contribution < -0.4 is 10.6 Å². The molecule has 0 radical (unpaired) electrons. The Kier molecular flexibility index (Phi) is 4.54. The third-order valence-electron chi connectivity index (χ3n) is 5.78. The minimum Gasteiger partial charge on any atom is -0.343 e. The monoisotopic (exact) mass is 367 g/mol. The highest BCUT2D eigenvalue weighted by atomic mass is 35.5. The van der Waals surface area contributed by atoms with Gasteiger partial charge in [-0.15, -0.1) is 0 Å². The van der Waals surface area contributed by atoms with Crippen LogP contribution in [0, 0.1) is 5.41 Å². The summed E-state index contributed by atoms with van der Waals surface area (Å²) in [4.78, 5) is 5.27. The highest BCUT2D eigenvalue weighted by molar-refractivity contribution is 6.30. The average Bonchev–Trinajstić information content (AvgIpc) is 2.63. The number of rotatable bonds is 2. The number of amidine groups is 1. The summed E-state index contributed by atoms with van der Waals surface area (Å²) in [6, 6.07) is 16.7. The van der Waals surface area contributed by atoms with E-state index in [1.807, 2.05) is 18.2 Å². The third-order valence-corrected chi connectivity index (χ3v) is 6.02. The molecule has 2 aromatic carbocycles. The topological polar surface area (TPSA) is 36.4 Å². The average molecular weight is 368 g/mol. The van der Waals surface area contributed by atoms with Crippen LogP contribution in [0.25, 0.3) is 0 Å². The minimum absolute atomic E-state index is 0.0927. The lowest BCUT2D eigenvalue weighted by Gasteiger charge is -2.44. The molecule has 2 heterocycles. The standard InChI is InChI=1S/C22H26ClN3/c1-21(2,17-7-5-8-18(23)14-17)26-20-22(10-12-24-13-11-22)15-16-6-3-4-9-19(16)25-20/h3-9,14,24H,10-13,15H2,1-2H3,(H,25,26). The van der Waals surface area contributed by atoms with E-state index in [1.54, 1.807) is 0 Å². The van der Waals surface area contributed by atoms with Crippen LogP contribution in [0.3, 0.4) is 0 Å². The zero-order chi connectivity index (χ0) is 18.2. The van der Waals surface area contributed by atoms with Gasteiger partial charge in [0.25, 0.3) is 0 Å². The van der Waals surface area contributed by atoms with Crippen molar-refractivity contribution in [2.75, 3.05) is 18.4 Å². The van der Waals surface area contributed by atoms with Gasteiger partial charge in [-0.2, -0.15) is 0 Å². The third kappa shape index (κ3) is 3.26. The van der Waals surface area contributed by atoms with Crippen LogP contribution in [-0.4, -0.2) is 18.9 Å². The number of hydrogen-bond acceptors (Lipinski definition) is 2. The van der Waals surface area contributed by atoms with E-state index in [4.69, 9.17) is 16.6 Å². The molecule has 1 spiro atoms. The molecular formula is C22H26ClN3. The molecule has 0 bridgehead atoms. The number of nitrogens with zero attached hydrogens (tertiary/aromatic N) is 1. The second-order valence-corrected chi connectivity index (χ2v) is 8.46. The molecule has 0 saturated carbocycles. The van der Waals surface area contributed by atoms with Crippen LogP contribution in [0.4, 0.5) is 5.69 Å². The molecule has 4 heteroatoms. The van der Waals surface area contributed by atoms with Crippen LogP contribution in [0.1, 0.15) is 37.8 Å². The van der Waals surface area contributed by atoms with Crippen molar-refractivity contribution in [3.8, 4) is 0 Å². The largest absolute Gasteiger partial charge is 0.343 e. The van der Waals surface area contributed by atoms with Crippen molar-refractivity contribution < 1.29 is 0 Å². The molecular weight excluding hydrogens is 342 g/mol. The first-order valence-electron chi connectivity index (χ1n) is 9.41. The van der Waals surface area contributed by atoms with E-state index >= 15 is 0 Å². The van der Waals surface area contributed by atoms with Gasteiger partial charge in [-0.3, -0.25) is 4.99 Å². The van der Waals surface area contributed by atoms with Crippen molar-refractivity contribution in [3.05, 3.63) is 64.7 Å². The summed E-state index contributed by atoms with van der Waals surface area (Å²) < 4.78 is 0. The summed E-state index contributed by atoms with van der Waals surface area (Å²) in [6.45, 7) is 6.42. The fourth-order valence-corrected chi connectivity index (χ4v) is 4.37. The lowest BCUT2D eigenvalue weighted by molar-refractivity contribution is 0.290. The Balaban J connectivity index is 1.77. The van der Waals surface area contributed by atoms with Crippen molar-refractivity contribution in [2.45, 2.75) is 38.6 Å². The molecule has 26 heavy (non-hydrogen) atoms. The van der Waals surface area contributed by atoms with Gasteiger partial charge in [-0.1, -0.05) is 41.9 Å². The SMILES string of the molecule is CC(C)(N=C1Nc2ccccc2CC12CCNCC2)c1cccc(Cl)c1. The molecule has 0 unspecified atom stereocenters. The fraction of sp³-hybridized carbons (Fsp3) is 0.409. The van der Waals surface area contributed by atoms with Gasteiger partial charge in [0, 0.05) is 16.1 Å². The van der Waals surface area contributed by atoms with E-state index in [1.165, 1.54) is 11.3 Å². The number of para-hydroxylation sites is 1. The molecule has 0 aromatic heterocycles.